The number of carbonyl (C=O) groups excluding carboxylic acids is 1. The third-order valence-electron chi connectivity index (χ3n) is 5.74. The number of aromatic hydroxyl groups is 1. The van der Waals surface area contributed by atoms with Gasteiger partial charge in [0.25, 0.3) is 0 Å². The largest absolute Gasteiger partial charge is 0.504 e. The molecule has 7 nitrogen and oxygen atoms in total. The van der Waals surface area contributed by atoms with Gasteiger partial charge in [0.1, 0.15) is 4.90 Å². The molecule has 2 aliphatic rings. The standard InChI is InChI=1S/C20H27ClN2O5S/c1-12-6-5-7-14(12)22-20(25)23-15-11-10-13(21)19(18(15)24)29(26,27)17-9-4-3-8-16(17)28-2/h6,10-11,14,16-17,24H,3-5,7-9H2,1-2H3,(H2,22,23,25)/t14-,16+,17?/m1/s1. The topological polar surface area (TPSA) is 105 Å². The van der Waals surface area contributed by atoms with Crippen molar-refractivity contribution in [2.45, 2.75) is 67.7 Å². The van der Waals surface area contributed by atoms with Gasteiger partial charge in [0.15, 0.2) is 15.6 Å². The molecule has 1 fully saturated rings. The maximum atomic E-state index is 13.3. The summed E-state index contributed by atoms with van der Waals surface area (Å²) in [7, 11) is -2.47. The quantitative estimate of drug-likeness (QED) is 0.472. The lowest BCUT2D eigenvalue weighted by Gasteiger charge is -2.30. The van der Waals surface area contributed by atoms with Crippen molar-refractivity contribution in [3.63, 3.8) is 0 Å². The smallest absolute Gasteiger partial charge is 0.319 e. The number of nitrogens with one attached hydrogen (secondary N) is 2. The second kappa shape index (κ2) is 8.93. The summed E-state index contributed by atoms with van der Waals surface area (Å²) >= 11 is 6.17. The predicted molar refractivity (Wildman–Crippen MR) is 112 cm³/mol. The molecule has 0 aliphatic heterocycles. The average molecular weight is 443 g/mol. The maximum Gasteiger partial charge on any atom is 0.319 e. The molecule has 160 valence electrons. The first kappa shape index (κ1) is 21.9. The highest BCUT2D eigenvalue weighted by molar-refractivity contribution is 7.92. The fourth-order valence-corrected chi connectivity index (χ4v) is 6.73. The third kappa shape index (κ3) is 4.54. The third-order valence-corrected chi connectivity index (χ3v) is 8.48. The van der Waals surface area contributed by atoms with E-state index in [1.54, 1.807) is 0 Å². The Balaban J connectivity index is 1.86. The molecule has 0 saturated heterocycles. The number of carbonyl (C=O) groups is 1. The number of methoxy groups -OCH3 is 1. The molecule has 0 heterocycles. The van der Waals surface area contributed by atoms with Crippen molar-refractivity contribution >= 4 is 33.2 Å². The van der Waals surface area contributed by atoms with E-state index < -0.39 is 33.0 Å². The number of halogens is 1. The van der Waals surface area contributed by atoms with Crippen molar-refractivity contribution in [3.8, 4) is 5.75 Å². The fourth-order valence-electron chi connectivity index (χ4n) is 4.11. The van der Waals surface area contributed by atoms with Crippen LogP contribution in [-0.4, -0.2) is 44.1 Å². The Bertz CT molecular complexity index is 916. The Kier molecular flexibility index (Phi) is 6.76. The van der Waals surface area contributed by atoms with E-state index in [2.05, 4.69) is 16.7 Å². The van der Waals surface area contributed by atoms with E-state index in [-0.39, 0.29) is 21.6 Å². The SMILES string of the molecule is CO[C@H]1CCCCC1S(=O)(=O)c1c(Cl)ccc(NC(=O)N[C@@H]2CCC=C2C)c1O. The van der Waals surface area contributed by atoms with Crippen LogP contribution in [0.3, 0.4) is 0 Å². The van der Waals surface area contributed by atoms with Crippen LogP contribution in [0.15, 0.2) is 28.7 Å². The minimum atomic E-state index is -3.96. The summed E-state index contributed by atoms with van der Waals surface area (Å²) in [6.45, 7) is 1.94. The molecular formula is C20H27ClN2O5S. The van der Waals surface area contributed by atoms with E-state index in [9.17, 15) is 18.3 Å². The highest BCUT2D eigenvalue weighted by atomic mass is 35.5. The molecule has 0 aromatic heterocycles. The molecule has 1 saturated carbocycles. The van der Waals surface area contributed by atoms with Gasteiger partial charge in [-0.05, 0) is 44.7 Å². The van der Waals surface area contributed by atoms with Crippen LogP contribution in [0.1, 0.15) is 45.4 Å². The number of phenols is 1. The van der Waals surface area contributed by atoms with Crippen LogP contribution >= 0.6 is 11.6 Å². The van der Waals surface area contributed by atoms with Crippen LogP contribution in [0.4, 0.5) is 10.5 Å². The summed E-state index contributed by atoms with van der Waals surface area (Å²) in [5.74, 6) is -0.549. The molecule has 29 heavy (non-hydrogen) atoms. The molecule has 1 aromatic carbocycles. The van der Waals surface area contributed by atoms with Crippen LogP contribution in [0.25, 0.3) is 0 Å². The van der Waals surface area contributed by atoms with Gasteiger partial charge >= 0.3 is 6.03 Å². The minimum Gasteiger partial charge on any atom is -0.504 e. The zero-order chi connectivity index (χ0) is 21.2. The van der Waals surface area contributed by atoms with Crippen LogP contribution in [0, 0.1) is 0 Å². The number of hydrogen-bond donors (Lipinski definition) is 3. The summed E-state index contributed by atoms with van der Waals surface area (Å²) in [5, 5.41) is 15.2. The molecule has 0 bridgehead atoms. The fraction of sp³-hybridized carbons (Fsp3) is 0.550. The molecule has 1 aromatic rings. The number of urea groups is 1. The van der Waals surface area contributed by atoms with Gasteiger partial charge in [-0.2, -0.15) is 0 Å². The Morgan fingerprint density at radius 1 is 1.24 bits per heavy atom. The summed E-state index contributed by atoms with van der Waals surface area (Å²) in [6.07, 6.45) is 6.03. The summed E-state index contributed by atoms with van der Waals surface area (Å²) < 4.78 is 32.0. The lowest BCUT2D eigenvalue weighted by atomic mass is 9.97. The van der Waals surface area contributed by atoms with Crippen LogP contribution in [0.2, 0.25) is 5.02 Å². The van der Waals surface area contributed by atoms with E-state index in [1.807, 2.05) is 6.92 Å². The number of benzene rings is 1. The van der Waals surface area contributed by atoms with Crippen molar-refractivity contribution in [1.29, 1.82) is 0 Å². The molecule has 0 spiro atoms. The Labute approximate surface area is 176 Å². The Hall–Kier alpha value is -1.77. The highest BCUT2D eigenvalue weighted by Gasteiger charge is 2.40. The highest BCUT2D eigenvalue weighted by Crippen LogP contribution is 2.41. The molecule has 1 unspecified atom stereocenters. The Morgan fingerprint density at radius 3 is 2.62 bits per heavy atom. The van der Waals surface area contributed by atoms with E-state index in [4.69, 9.17) is 16.3 Å². The second-order valence-corrected chi connectivity index (χ2v) is 10.1. The summed E-state index contributed by atoms with van der Waals surface area (Å²) in [6, 6.07) is 2.17. The van der Waals surface area contributed by atoms with Crippen molar-refractivity contribution in [3.05, 3.63) is 28.8 Å². The molecular weight excluding hydrogens is 416 g/mol. The predicted octanol–water partition coefficient (Wildman–Crippen LogP) is 4.01. The molecule has 9 heteroatoms. The van der Waals surface area contributed by atoms with E-state index in [0.717, 1.165) is 31.3 Å². The van der Waals surface area contributed by atoms with Crippen molar-refractivity contribution in [2.75, 3.05) is 12.4 Å². The van der Waals surface area contributed by atoms with Gasteiger partial charge in [-0.3, -0.25) is 0 Å². The molecule has 3 N–H and O–H groups in total. The van der Waals surface area contributed by atoms with Gasteiger partial charge in [0.05, 0.1) is 28.1 Å². The van der Waals surface area contributed by atoms with Crippen LogP contribution in [-0.2, 0) is 14.6 Å². The van der Waals surface area contributed by atoms with Crippen molar-refractivity contribution in [1.82, 2.24) is 5.32 Å². The number of amides is 2. The van der Waals surface area contributed by atoms with Crippen LogP contribution < -0.4 is 10.6 Å². The first-order chi connectivity index (χ1) is 13.8. The second-order valence-electron chi connectivity index (χ2n) is 7.59. The molecule has 2 aliphatic carbocycles. The number of allylic oxidation sites excluding steroid dienone is 1. The average Bonchev–Trinajstić information content (AvgIpc) is 3.08. The van der Waals surface area contributed by atoms with E-state index in [1.165, 1.54) is 19.2 Å². The first-order valence-corrected chi connectivity index (χ1v) is 11.7. The van der Waals surface area contributed by atoms with Gasteiger partial charge in [-0.15, -0.1) is 0 Å². The van der Waals surface area contributed by atoms with Crippen LogP contribution in [0.5, 0.6) is 5.75 Å². The first-order valence-electron chi connectivity index (χ1n) is 9.78. The maximum absolute atomic E-state index is 13.3. The number of hydrogen-bond acceptors (Lipinski definition) is 5. The lowest BCUT2D eigenvalue weighted by Crippen LogP contribution is -2.38. The van der Waals surface area contributed by atoms with E-state index >= 15 is 0 Å². The molecule has 3 rings (SSSR count). The minimum absolute atomic E-state index is 0.00474. The Morgan fingerprint density at radius 2 is 1.97 bits per heavy atom. The van der Waals surface area contributed by atoms with Gasteiger partial charge in [-0.25, -0.2) is 13.2 Å². The zero-order valence-corrected chi connectivity index (χ0v) is 18.1. The normalized spacial score (nSPS) is 24.8. The summed E-state index contributed by atoms with van der Waals surface area (Å²) in [4.78, 5) is 12.0. The lowest BCUT2D eigenvalue weighted by molar-refractivity contribution is 0.0737. The van der Waals surface area contributed by atoms with Gasteiger partial charge in [0, 0.05) is 7.11 Å². The number of anilines is 1. The molecule has 0 radical (unpaired) electrons. The number of rotatable bonds is 5. The number of ether oxygens (including phenoxy) is 1. The zero-order valence-electron chi connectivity index (χ0n) is 16.6. The summed E-state index contributed by atoms with van der Waals surface area (Å²) in [5.41, 5.74) is 1.07. The van der Waals surface area contributed by atoms with Crippen molar-refractivity contribution in [2.24, 2.45) is 0 Å². The molecule has 3 atom stereocenters. The van der Waals surface area contributed by atoms with Gasteiger partial charge in [-0.1, -0.05) is 36.1 Å². The monoisotopic (exact) mass is 442 g/mol. The molecule has 2 amide bonds. The number of phenolic OH excluding ortho intramolecular Hbond substituents is 1. The van der Waals surface area contributed by atoms with Gasteiger partial charge < -0.3 is 20.5 Å². The number of sulfone groups is 1. The van der Waals surface area contributed by atoms with Gasteiger partial charge in [0.2, 0.25) is 0 Å². The van der Waals surface area contributed by atoms with E-state index in [0.29, 0.717) is 12.8 Å². The van der Waals surface area contributed by atoms with Crippen molar-refractivity contribution < 1.29 is 23.1 Å².